The molecule has 2 aromatic rings. The van der Waals surface area contributed by atoms with Gasteiger partial charge in [-0.1, -0.05) is 12.1 Å². The number of carbonyl (C=O) groups is 1. The van der Waals surface area contributed by atoms with Crippen molar-refractivity contribution in [2.75, 3.05) is 14.2 Å². The number of methoxy groups -OCH3 is 2. The molecule has 0 radical (unpaired) electrons. The standard InChI is InChI=1S/C13H13NO3/c1-16-10-5-3-4-9(6-10)11-7-14-8-12(11)13(15)17-2/h3-8,14H,1-2H3. The molecule has 88 valence electrons. The van der Waals surface area contributed by atoms with E-state index < -0.39 is 0 Å². The zero-order chi connectivity index (χ0) is 12.3. The summed E-state index contributed by atoms with van der Waals surface area (Å²) in [5, 5.41) is 0. The van der Waals surface area contributed by atoms with Gasteiger partial charge in [0, 0.05) is 18.0 Å². The number of aromatic nitrogens is 1. The van der Waals surface area contributed by atoms with Gasteiger partial charge in [0.1, 0.15) is 5.75 Å². The fourth-order valence-electron chi connectivity index (χ4n) is 1.67. The minimum atomic E-state index is -0.357. The average Bonchev–Trinajstić information content (AvgIpc) is 2.87. The third-order valence-electron chi connectivity index (χ3n) is 2.53. The zero-order valence-corrected chi connectivity index (χ0v) is 9.69. The predicted octanol–water partition coefficient (Wildman–Crippen LogP) is 2.48. The summed E-state index contributed by atoms with van der Waals surface area (Å²) in [5.74, 6) is 0.392. The smallest absolute Gasteiger partial charge is 0.340 e. The third-order valence-corrected chi connectivity index (χ3v) is 2.53. The van der Waals surface area contributed by atoms with Crippen LogP contribution in [0.5, 0.6) is 5.75 Å². The second-order valence-electron chi connectivity index (χ2n) is 3.51. The maximum absolute atomic E-state index is 11.5. The van der Waals surface area contributed by atoms with E-state index in [1.807, 2.05) is 24.3 Å². The van der Waals surface area contributed by atoms with Crippen molar-refractivity contribution >= 4 is 5.97 Å². The van der Waals surface area contributed by atoms with E-state index in [4.69, 9.17) is 9.47 Å². The molecule has 4 nitrogen and oxygen atoms in total. The Morgan fingerprint density at radius 1 is 1.24 bits per heavy atom. The van der Waals surface area contributed by atoms with E-state index in [0.717, 1.165) is 16.9 Å². The van der Waals surface area contributed by atoms with Gasteiger partial charge >= 0.3 is 5.97 Å². The molecule has 4 heteroatoms. The molecule has 17 heavy (non-hydrogen) atoms. The van der Waals surface area contributed by atoms with E-state index in [9.17, 15) is 4.79 Å². The van der Waals surface area contributed by atoms with Gasteiger partial charge in [-0.3, -0.25) is 0 Å². The Morgan fingerprint density at radius 2 is 2.06 bits per heavy atom. The summed E-state index contributed by atoms with van der Waals surface area (Å²) in [6, 6.07) is 7.52. The molecular formula is C13H13NO3. The second kappa shape index (κ2) is 4.74. The number of benzene rings is 1. The van der Waals surface area contributed by atoms with E-state index in [2.05, 4.69) is 4.98 Å². The number of rotatable bonds is 3. The molecule has 2 rings (SSSR count). The van der Waals surface area contributed by atoms with Crippen LogP contribution >= 0.6 is 0 Å². The Kier molecular flexibility index (Phi) is 3.14. The van der Waals surface area contributed by atoms with Crippen LogP contribution in [0.2, 0.25) is 0 Å². The van der Waals surface area contributed by atoms with Gasteiger partial charge in [-0.25, -0.2) is 4.79 Å². The fraction of sp³-hybridized carbons (Fsp3) is 0.154. The third kappa shape index (κ3) is 2.15. The molecule has 1 N–H and O–H groups in total. The Labute approximate surface area is 99.2 Å². The zero-order valence-electron chi connectivity index (χ0n) is 9.69. The van der Waals surface area contributed by atoms with Crippen LogP contribution in [-0.2, 0) is 4.74 Å². The fourth-order valence-corrected chi connectivity index (χ4v) is 1.67. The molecular weight excluding hydrogens is 218 g/mol. The molecule has 0 bridgehead atoms. The van der Waals surface area contributed by atoms with Crippen molar-refractivity contribution in [2.45, 2.75) is 0 Å². The van der Waals surface area contributed by atoms with Crippen LogP contribution in [0.25, 0.3) is 11.1 Å². The number of hydrogen-bond acceptors (Lipinski definition) is 3. The van der Waals surface area contributed by atoms with Gasteiger partial charge in [0.15, 0.2) is 0 Å². The number of carbonyl (C=O) groups excluding carboxylic acids is 1. The van der Waals surface area contributed by atoms with E-state index in [-0.39, 0.29) is 5.97 Å². The van der Waals surface area contributed by atoms with E-state index in [0.29, 0.717) is 5.56 Å². The maximum Gasteiger partial charge on any atom is 0.340 e. The highest BCUT2D eigenvalue weighted by Crippen LogP contribution is 2.27. The van der Waals surface area contributed by atoms with Crippen LogP contribution in [0.1, 0.15) is 10.4 Å². The molecule has 0 fully saturated rings. The SMILES string of the molecule is COC(=O)c1c[nH]cc1-c1cccc(OC)c1. The molecule has 0 aliphatic carbocycles. The Morgan fingerprint density at radius 3 is 2.76 bits per heavy atom. The highest BCUT2D eigenvalue weighted by molar-refractivity contribution is 5.97. The van der Waals surface area contributed by atoms with Crippen molar-refractivity contribution in [2.24, 2.45) is 0 Å². The van der Waals surface area contributed by atoms with Crippen molar-refractivity contribution in [1.82, 2.24) is 4.98 Å². The van der Waals surface area contributed by atoms with Gasteiger partial charge in [0.25, 0.3) is 0 Å². The van der Waals surface area contributed by atoms with Gasteiger partial charge in [-0.05, 0) is 17.7 Å². The Hall–Kier alpha value is -2.23. The number of ether oxygens (including phenoxy) is 2. The first kappa shape index (κ1) is 11.3. The molecule has 1 heterocycles. The molecule has 0 saturated heterocycles. The molecule has 0 aliphatic heterocycles. The van der Waals surface area contributed by atoms with Gasteiger partial charge in [-0.15, -0.1) is 0 Å². The van der Waals surface area contributed by atoms with Gasteiger partial charge in [-0.2, -0.15) is 0 Å². The van der Waals surface area contributed by atoms with Crippen molar-refractivity contribution in [1.29, 1.82) is 0 Å². The lowest BCUT2D eigenvalue weighted by Gasteiger charge is -2.05. The predicted molar refractivity (Wildman–Crippen MR) is 64.1 cm³/mol. The molecule has 1 aromatic heterocycles. The minimum absolute atomic E-state index is 0.357. The van der Waals surface area contributed by atoms with E-state index >= 15 is 0 Å². The Balaban J connectivity index is 2.45. The molecule has 0 atom stereocenters. The highest BCUT2D eigenvalue weighted by atomic mass is 16.5. The number of aromatic amines is 1. The van der Waals surface area contributed by atoms with Gasteiger partial charge < -0.3 is 14.5 Å². The summed E-state index contributed by atoms with van der Waals surface area (Å²) < 4.78 is 9.88. The molecule has 0 amide bonds. The van der Waals surface area contributed by atoms with Crippen LogP contribution in [0.15, 0.2) is 36.7 Å². The number of nitrogens with one attached hydrogen (secondary N) is 1. The summed E-state index contributed by atoms with van der Waals surface area (Å²) in [4.78, 5) is 14.5. The maximum atomic E-state index is 11.5. The molecule has 1 aromatic carbocycles. The average molecular weight is 231 g/mol. The van der Waals surface area contributed by atoms with Crippen LogP contribution in [0, 0.1) is 0 Å². The summed E-state index contributed by atoms with van der Waals surface area (Å²) in [6.45, 7) is 0. The largest absolute Gasteiger partial charge is 0.497 e. The van der Waals surface area contributed by atoms with Gasteiger partial charge in [0.05, 0.1) is 19.8 Å². The lowest BCUT2D eigenvalue weighted by molar-refractivity contribution is 0.0602. The molecule has 0 saturated carbocycles. The lowest BCUT2D eigenvalue weighted by atomic mass is 10.0. The number of H-pyrrole nitrogens is 1. The first-order valence-corrected chi connectivity index (χ1v) is 5.15. The normalized spacial score (nSPS) is 10.0. The van der Waals surface area contributed by atoms with Gasteiger partial charge in [0.2, 0.25) is 0 Å². The van der Waals surface area contributed by atoms with E-state index in [1.54, 1.807) is 19.5 Å². The first-order chi connectivity index (χ1) is 8.26. The van der Waals surface area contributed by atoms with Crippen LogP contribution in [0.3, 0.4) is 0 Å². The van der Waals surface area contributed by atoms with E-state index in [1.165, 1.54) is 7.11 Å². The molecule has 0 unspecified atom stereocenters. The van der Waals surface area contributed by atoms with Crippen LogP contribution in [0.4, 0.5) is 0 Å². The van der Waals surface area contributed by atoms with Crippen molar-refractivity contribution in [3.8, 4) is 16.9 Å². The minimum Gasteiger partial charge on any atom is -0.497 e. The highest BCUT2D eigenvalue weighted by Gasteiger charge is 2.14. The first-order valence-electron chi connectivity index (χ1n) is 5.15. The molecule has 0 spiro atoms. The summed E-state index contributed by atoms with van der Waals surface area (Å²) in [7, 11) is 2.97. The summed E-state index contributed by atoms with van der Waals surface area (Å²) in [6.07, 6.45) is 3.39. The number of esters is 1. The lowest BCUT2D eigenvalue weighted by Crippen LogP contribution is -2.01. The van der Waals surface area contributed by atoms with Crippen LogP contribution < -0.4 is 4.74 Å². The quantitative estimate of drug-likeness (QED) is 0.825. The van der Waals surface area contributed by atoms with Crippen LogP contribution in [-0.4, -0.2) is 25.2 Å². The summed E-state index contributed by atoms with van der Waals surface area (Å²) >= 11 is 0. The second-order valence-corrected chi connectivity index (χ2v) is 3.51. The van der Waals surface area contributed by atoms with Crippen molar-refractivity contribution in [3.63, 3.8) is 0 Å². The number of hydrogen-bond donors (Lipinski definition) is 1. The topological polar surface area (TPSA) is 51.3 Å². The Bertz CT molecular complexity index is 531. The monoisotopic (exact) mass is 231 g/mol. The summed E-state index contributed by atoms with van der Waals surface area (Å²) in [5.41, 5.74) is 2.22. The van der Waals surface area contributed by atoms with Crippen molar-refractivity contribution in [3.05, 3.63) is 42.2 Å². The van der Waals surface area contributed by atoms with Crippen molar-refractivity contribution < 1.29 is 14.3 Å². The molecule has 0 aliphatic rings.